The van der Waals surface area contributed by atoms with Crippen molar-refractivity contribution >= 4 is 47.6 Å². The number of benzene rings is 2. The molecular formula is C15H16BrN3O5S2. The number of anilines is 1. The van der Waals surface area contributed by atoms with Crippen LogP contribution in [-0.2, 0) is 24.8 Å². The quantitative estimate of drug-likeness (QED) is 0.597. The molecular weight excluding hydrogens is 446 g/mol. The molecule has 0 unspecified atom stereocenters. The summed E-state index contributed by atoms with van der Waals surface area (Å²) in [5.41, 5.74) is 0.303. The molecule has 0 radical (unpaired) electrons. The van der Waals surface area contributed by atoms with Crippen molar-refractivity contribution in [1.29, 1.82) is 0 Å². The van der Waals surface area contributed by atoms with Gasteiger partial charge in [-0.3, -0.25) is 4.79 Å². The molecule has 1 amide bonds. The number of carbonyl (C=O) groups is 1. The number of rotatable bonds is 6. The lowest BCUT2D eigenvalue weighted by Gasteiger charge is -2.14. The van der Waals surface area contributed by atoms with E-state index < -0.39 is 32.0 Å². The summed E-state index contributed by atoms with van der Waals surface area (Å²) in [7, 11) is -7.70. The molecule has 1 atom stereocenters. The molecule has 8 nitrogen and oxygen atoms in total. The molecule has 0 aliphatic heterocycles. The first-order chi connectivity index (χ1) is 12.0. The van der Waals surface area contributed by atoms with Gasteiger partial charge in [0.25, 0.3) is 0 Å². The first kappa shape index (κ1) is 20.5. The third-order valence-electron chi connectivity index (χ3n) is 3.30. The number of nitrogens with two attached hydrogens (primary N) is 1. The summed E-state index contributed by atoms with van der Waals surface area (Å²) in [6.07, 6.45) is 0. The van der Waals surface area contributed by atoms with Gasteiger partial charge in [0.2, 0.25) is 26.0 Å². The van der Waals surface area contributed by atoms with Crippen molar-refractivity contribution in [2.24, 2.45) is 5.14 Å². The van der Waals surface area contributed by atoms with Crippen LogP contribution in [0.1, 0.15) is 6.92 Å². The molecule has 0 spiro atoms. The lowest BCUT2D eigenvalue weighted by atomic mass is 10.3. The van der Waals surface area contributed by atoms with Crippen LogP contribution in [0.2, 0.25) is 0 Å². The zero-order valence-electron chi connectivity index (χ0n) is 13.5. The van der Waals surface area contributed by atoms with E-state index in [1.807, 2.05) is 0 Å². The Morgan fingerprint density at radius 1 is 0.962 bits per heavy atom. The van der Waals surface area contributed by atoms with Gasteiger partial charge in [-0.15, -0.1) is 0 Å². The topological polar surface area (TPSA) is 135 Å². The minimum atomic E-state index is -3.87. The molecule has 0 fully saturated rings. The van der Waals surface area contributed by atoms with E-state index in [2.05, 4.69) is 26.0 Å². The molecule has 0 saturated heterocycles. The van der Waals surface area contributed by atoms with E-state index in [0.29, 0.717) is 5.69 Å². The van der Waals surface area contributed by atoms with Crippen molar-refractivity contribution in [1.82, 2.24) is 4.72 Å². The fraction of sp³-hybridized carbons (Fsp3) is 0.133. The normalized spacial score (nSPS) is 13.2. The third-order valence-corrected chi connectivity index (χ3v) is 6.31. The SMILES string of the molecule is C[C@H](NS(=O)(=O)c1ccc(Br)cc1)C(=O)Nc1ccc(S(N)(=O)=O)cc1. The summed E-state index contributed by atoms with van der Waals surface area (Å²) in [6, 6.07) is 10.1. The van der Waals surface area contributed by atoms with Gasteiger partial charge in [0.1, 0.15) is 0 Å². The first-order valence-electron chi connectivity index (χ1n) is 7.21. The van der Waals surface area contributed by atoms with Crippen LogP contribution in [0.3, 0.4) is 0 Å². The molecule has 0 saturated carbocycles. The van der Waals surface area contributed by atoms with Gasteiger partial charge in [0.15, 0.2) is 0 Å². The number of amides is 1. The summed E-state index contributed by atoms with van der Waals surface area (Å²) >= 11 is 3.22. The summed E-state index contributed by atoms with van der Waals surface area (Å²) in [6.45, 7) is 1.39. The van der Waals surface area contributed by atoms with E-state index in [1.165, 1.54) is 43.3 Å². The number of carbonyl (C=O) groups excluding carboxylic acids is 1. The van der Waals surface area contributed by atoms with Gasteiger partial charge in [-0.05, 0) is 55.5 Å². The van der Waals surface area contributed by atoms with Crippen LogP contribution in [0.25, 0.3) is 0 Å². The lowest BCUT2D eigenvalue weighted by Crippen LogP contribution is -2.41. The second-order valence-electron chi connectivity index (χ2n) is 5.36. The smallest absolute Gasteiger partial charge is 0.242 e. The average molecular weight is 462 g/mol. The zero-order chi connectivity index (χ0) is 19.5. The van der Waals surface area contributed by atoms with Crippen molar-refractivity contribution in [3.05, 3.63) is 53.0 Å². The monoisotopic (exact) mass is 461 g/mol. The molecule has 0 aliphatic carbocycles. The largest absolute Gasteiger partial charge is 0.325 e. The summed E-state index contributed by atoms with van der Waals surface area (Å²) in [5, 5.41) is 7.49. The number of hydrogen-bond donors (Lipinski definition) is 3. The molecule has 11 heteroatoms. The number of primary sulfonamides is 1. The van der Waals surface area contributed by atoms with Gasteiger partial charge < -0.3 is 5.32 Å². The Labute approximate surface area is 160 Å². The number of sulfonamides is 2. The van der Waals surface area contributed by atoms with Crippen molar-refractivity contribution in [3.63, 3.8) is 0 Å². The third kappa shape index (κ3) is 5.35. The maximum atomic E-state index is 12.3. The molecule has 0 heterocycles. The van der Waals surface area contributed by atoms with Crippen LogP contribution < -0.4 is 15.2 Å². The highest BCUT2D eigenvalue weighted by Gasteiger charge is 2.22. The van der Waals surface area contributed by atoms with Crippen molar-refractivity contribution in [2.45, 2.75) is 22.8 Å². The second kappa shape index (κ2) is 7.84. The Hall–Kier alpha value is -1.79. The van der Waals surface area contributed by atoms with E-state index in [4.69, 9.17) is 5.14 Å². The van der Waals surface area contributed by atoms with E-state index in [-0.39, 0.29) is 9.79 Å². The Morgan fingerprint density at radius 3 is 1.96 bits per heavy atom. The van der Waals surface area contributed by atoms with Crippen LogP contribution in [-0.4, -0.2) is 28.8 Å². The second-order valence-corrected chi connectivity index (χ2v) is 9.55. The highest BCUT2D eigenvalue weighted by atomic mass is 79.9. The van der Waals surface area contributed by atoms with E-state index in [9.17, 15) is 21.6 Å². The van der Waals surface area contributed by atoms with Crippen molar-refractivity contribution in [3.8, 4) is 0 Å². The maximum absolute atomic E-state index is 12.3. The average Bonchev–Trinajstić information content (AvgIpc) is 2.54. The minimum Gasteiger partial charge on any atom is -0.325 e. The maximum Gasteiger partial charge on any atom is 0.242 e. The predicted octanol–water partition coefficient (Wildman–Crippen LogP) is 1.40. The fourth-order valence-electron chi connectivity index (χ4n) is 1.95. The molecule has 0 aromatic heterocycles. The van der Waals surface area contributed by atoms with E-state index in [1.54, 1.807) is 12.1 Å². The molecule has 0 bridgehead atoms. The minimum absolute atomic E-state index is 0.0258. The van der Waals surface area contributed by atoms with Gasteiger partial charge in [-0.1, -0.05) is 15.9 Å². The number of nitrogens with one attached hydrogen (secondary N) is 2. The number of hydrogen-bond acceptors (Lipinski definition) is 5. The van der Waals surface area contributed by atoms with Gasteiger partial charge in [0, 0.05) is 10.2 Å². The van der Waals surface area contributed by atoms with Crippen LogP contribution in [0.4, 0.5) is 5.69 Å². The van der Waals surface area contributed by atoms with Crippen LogP contribution in [0.15, 0.2) is 62.8 Å². The number of halogens is 1. The highest BCUT2D eigenvalue weighted by Crippen LogP contribution is 2.16. The fourth-order valence-corrected chi connectivity index (χ4v) is 3.93. The van der Waals surface area contributed by atoms with Gasteiger partial charge in [-0.2, -0.15) is 4.72 Å². The molecule has 2 rings (SSSR count). The standard InChI is InChI=1S/C15H16BrN3O5S2/c1-10(19-26(23,24)14-6-2-11(16)3-7-14)15(20)18-12-4-8-13(9-5-12)25(17,21)22/h2-10,19H,1H3,(H,18,20)(H2,17,21,22)/t10-/m0/s1. The molecule has 26 heavy (non-hydrogen) atoms. The highest BCUT2D eigenvalue weighted by molar-refractivity contribution is 9.10. The van der Waals surface area contributed by atoms with Crippen molar-refractivity contribution in [2.75, 3.05) is 5.32 Å². The predicted molar refractivity (Wildman–Crippen MR) is 100 cm³/mol. The zero-order valence-corrected chi connectivity index (χ0v) is 16.7. The van der Waals surface area contributed by atoms with Gasteiger partial charge in [0.05, 0.1) is 15.8 Å². The summed E-state index contributed by atoms with van der Waals surface area (Å²) < 4.78 is 50.0. The molecule has 2 aromatic carbocycles. The summed E-state index contributed by atoms with van der Waals surface area (Å²) in [4.78, 5) is 12.1. The first-order valence-corrected chi connectivity index (χ1v) is 11.0. The van der Waals surface area contributed by atoms with E-state index in [0.717, 1.165) is 4.47 Å². The van der Waals surface area contributed by atoms with Gasteiger partial charge in [-0.25, -0.2) is 22.0 Å². The van der Waals surface area contributed by atoms with Crippen LogP contribution in [0.5, 0.6) is 0 Å². The molecule has 140 valence electrons. The summed E-state index contributed by atoms with van der Waals surface area (Å²) in [5.74, 6) is -0.603. The molecule has 2 aromatic rings. The van der Waals surface area contributed by atoms with Crippen molar-refractivity contribution < 1.29 is 21.6 Å². The Kier molecular flexibility index (Phi) is 6.19. The van der Waals surface area contributed by atoms with Gasteiger partial charge >= 0.3 is 0 Å². The Bertz CT molecular complexity index is 1000. The Balaban J connectivity index is 2.06. The molecule has 4 N–H and O–H groups in total. The van der Waals surface area contributed by atoms with E-state index >= 15 is 0 Å². The van der Waals surface area contributed by atoms with Crippen LogP contribution >= 0.6 is 15.9 Å². The lowest BCUT2D eigenvalue weighted by molar-refractivity contribution is -0.117. The molecule has 0 aliphatic rings. The van der Waals surface area contributed by atoms with Crippen LogP contribution in [0, 0.1) is 0 Å². The Morgan fingerprint density at radius 2 is 1.46 bits per heavy atom.